The van der Waals surface area contributed by atoms with Gasteiger partial charge >= 0.3 is 0 Å². The van der Waals surface area contributed by atoms with Gasteiger partial charge in [-0.2, -0.15) is 0 Å². The number of benzene rings is 2. The molecule has 1 aliphatic rings. The molecule has 0 bridgehead atoms. The molecule has 1 aromatic heterocycles. The van der Waals surface area contributed by atoms with Gasteiger partial charge in [0.2, 0.25) is 0 Å². The number of carbonyl (C=O) groups is 3. The molecule has 9 heteroatoms. The van der Waals surface area contributed by atoms with E-state index in [1.807, 2.05) is 0 Å². The molecule has 2 amide bonds. The van der Waals surface area contributed by atoms with Gasteiger partial charge in [0.05, 0.1) is 11.7 Å². The second-order valence-electron chi connectivity index (χ2n) is 6.88. The zero-order valence-corrected chi connectivity index (χ0v) is 17.4. The van der Waals surface area contributed by atoms with E-state index < -0.39 is 23.6 Å². The summed E-state index contributed by atoms with van der Waals surface area (Å²) in [6.07, 6.45) is 1.22. The number of aromatic carboxylic acids is 1. The molecule has 0 spiro atoms. The van der Waals surface area contributed by atoms with E-state index in [1.54, 1.807) is 25.1 Å². The van der Waals surface area contributed by atoms with Crippen LogP contribution in [0.2, 0.25) is 0 Å². The van der Waals surface area contributed by atoms with Crippen LogP contribution in [0.25, 0.3) is 17.4 Å². The predicted molar refractivity (Wildman–Crippen MR) is 116 cm³/mol. The monoisotopic (exact) mass is 449 g/mol. The Labute approximate surface area is 186 Å². The van der Waals surface area contributed by atoms with Crippen molar-refractivity contribution in [3.8, 4) is 11.3 Å². The summed E-state index contributed by atoms with van der Waals surface area (Å²) in [6.45, 7) is 1.62. The highest BCUT2D eigenvalue weighted by Crippen LogP contribution is 2.29. The molecule has 1 fully saturated rings. The van der Waals surface area contributed by atoms with Crippen LogP contribution >= 0.6 is 12.2 Å². The number of hydrogen-bond acceptors (Lipinski definition) is 6. The second-order valence-corrected chi connectivity index (χ2v) is 7.26. The summed E-state index contributed by atoms with van der Waals surface area (Å²) in [5, 5.41) is 13.4. The summed E-state index contributed by atoms with van der Waals surface area (Å²) in [4.78, 5) is 37.6. The van der Waals surface area contributed by atoms with Crippen LogP contribution < -0.4 is 15.3 Å². The minimum Gasteiger partial charge on any atom is -0.545 e. The maximum Gasteiger partial charge on any atom is 0.270 e. The van der Waals surface area contributed by atoms with Crippen LogP contribution in [0.4, 0.5) is 10.1 Å². The third kappa shape index (κ3) is 3.69. The van der Waals surface area contributed by atoms with Crippen molar-refractivity contribution in [1.82, 2.24) is 5.32 Å². The number of carbonyl (C=O) groups excluding carboxylic acids is 3. The molecule has 2 heterocycles. The lowest BCUT2D eigenvalue weighted by molar-refractivity contribution is -0.255. The molecular formula is C23H14FN2O5S-. The van der Waals surface area contributed by atoms with E-state index in [0.717, 1.165) is 4.90 Å². The number of para-hydroxylation sites is 1. The molecule has 1 N–H and O–H groups in total. The number of amides is 2. The molecule has 0 aliphatic carbocycles. The molecule has 3 aromatic rings. The minimum absolute atomic E-state index is 0.0229. The fourth-order valence-electron chi connectivity index (χ4n) is 3.35. The summed E-state index contributed by atoms with van der Waals surface area (Å²) in [6, 6.07) is 13.3. The Hall–Kier alpha value is -4.11. The number of rotatable bonds is 4. The van der Waals surface area contributed by atoms with Crippen molar-refractivity contribution in [3.05, 3.63) is 82.9 Å². The molecule has 0 atom stereocenters. The number of furan rings is 1. The van der Waals surface area contributed by atoms with Crippen molar-refractivity contribution in [2.24, 2.45) is 0 Å². The molecule has 1 aliphatic heterocycles. The molecule has 0 saturated carbocycles. The van der Waals surface area contributed by atoms with Gasteiger partial charge in [0, 0.05) is 11.1 Å². The quantitative estimate of drug-likeness (QED) is 0.373. The lowest BCUT2D eigenvalue weighted by Gasteiger charge is -2.28. The lowest BCUT2D eigenvalue weighted by Crippen LogP contribution is -2.54. The summed E-state index contributed by atoms with van der Waals surface area (Å²) in [7, 11) is 0. The van der Waals surface area contributed by atoms with Gasteiger partial charge in [0.15, 0.2) is 5.11 Å². The Morgan fingerprint density at radius 1 is 1.12 bits per heavy atom. The Bertz CT molecular complexity index is 1330. The van der Waals surface area contributed by atoms with Crippen LogP contribution in [0.3, 0.4) is 0 Å². The fraction of sp³-hybridized carbons (Fsp3) is 0.0435. The van der Waals surface area contributed by atoms with Crippen LogP contribution in [-0.2, 0) is 9.59 Å². The number of nitrogens with one attached hydrogen (secondary N) is 1. The third-order valence-electron chi connectivity index (χ3n) is 4.93. The Balaban J connectivity index is 1.71. The first-order chi connectivity index (χ1) is 15.3. The molecule has 7 nitrogen and oxygen atoms in total. The van der Waals surface area contributed by atoms with Gasteiger partial charge in [0.1, 0.15) is 22.9 Å². The summed E-state index contributed by atoms with van der Waals surface area (Å²) >= 11 is 5.06. The molecule has 2 aromatic carbocycles. The first-order valence-electron chi connectivity index (χ1n) is 9.35. The number of hydrogen-bond donors (Lipinski definition) is 1. The van der Waals surface area contributed by atoms with Crippen LogP contribution in [0.5, 0.6) is 0 Å². The van der Waals surface area contributed by atoms with Gasteiger partial charge in [-0.15, -0.1) is 0 Å². The number of halogens is 1. The smallest absolute Gasteiger partial charge is 0.270 e. The van der Waals surface area contributed by atoms with Gasteiger partial charge < -0.3 is 14.3 Å². The molecule has 0 unspecified atom stereocenters. The van der Waals surface area contributed by atoms with E-state index in [-0.39, 0.29) is 27.7 Å². The van der Waals surface area contributed by atoms with Crippen molar-refractivity contribution >= 4 is 46.9 Å². The zero-order chi connectivity index (χ0) is 23.0. The molecule has 1 saturated heterocycles. The highest BCUT2D eigenvalue weighted by Gasteiger charge is 2.35. The molecular weight excluding hydrogens is 435 g/mol. The number of anilines is 1. The number of thiocarbonyl (C=S) groups is 1. The minimum atomic E-state index is -1.31. The van der Waals surface area contributed by atoms with E-state index in [1.165, 1.54) is 42.5 Å². The van der Waals surface area contributed by atoms with Crippen LogP contribution in [0.15, 0.2) is 64.6 Å². The first-order valence-corrected chi connectivity index (χ1v) is 9.76. The van der Waals surface area contributed by atoms with Gasteiger partial charge in [-0.3, -0.25) is 14.9 Å². The van der Waals surface area contributed by atoms with Crippen LogP contribution in [0.1, 0.15) is 21.7 Å². The Morgan fingerprint density at radius 3 is 2.59 bits per heavy atom. The maximum absolute atomic E-state index is 14.2. The van der Waals surface area contributed by atoms with Gasteiger partial charge in [0.25, 0.3) is 11.8 Å². The molecule has 32 heavy (non-hydrogen) atoms. The van der Waals surface area contributed by atoms with Crippen molar-refractivity contribution in [1.29, 1.82) is 0 Å². The highest BCUT2D eigenvalue weighted by atomic mass is 32.1. The standard InChI is InChI=1S/C23H15FN2O5S/c1-12-14(5-4-6-15(12)22(29)30)19-10-9-13(31-19)11-16-20(27)25-23(32)26(21(16)28)18-8-3-2-7-17(18)24/h2-11H,1H3,(H,29,30)(H,25,27,32)/p-1/b16-11-. The summed E-state index contributed by atoms with van der Waals surface area (Å²) in [5.41, 5.74) is 0.592. The number of carboxylic acid groups (broad SMARTS) is 1. The van der Waals surface area contributed by atoms with Gasteiger partial charge in [-0.25, -0.2) is 9.29 Å². The van der Waals surface area contributed by atoms with Crippen LogP contribution in [-0.4, -0.2) is 22.9 Å². The van der Waals surface area contributed by atoms with E-state index in [4.69, 9.17) is 16.6 Å². The summed E-state index contributed by atoms with van der Waals surface area (Å²) in [5.74, 6) is -3.05. The number of nitrogens with zero attached hydrogens (tertiary/aromatic N) is 1. The molecule has 160 valence electrons. The predicted octanol–water partition coefficient (Wildman–Crippen LogP) is 2.59. The highest BCUT2D eigenvalue weighted by molar-refractivity contribution is 7.80. The molecule has 4 rings (SSSR count). The lowest BCUT2D eigenvalue weighted by atomic mass is 10.0. The van der Waals surface area contributed by atoms with E-state index in [9.17, 15) is 23.9 Å². The normalized spacial score (nSPS) is 15.2. The Morgan fingerprint density at radius 2 is 1.88 bits per heavy atom. The first kappa shape index (κ1) is 21.1. The SMILES string of the molecule is Cc1c(C(=O)[O-])cccc1-c1ccc(/C=C2/C(=O)NC(=S)N(c3ccccc3F)C2=O)o1. The van der Waals surface area contributed by atoms with Crippen LogP contribution in [0, 0.1) is 12.7 Å². The van der Waals surface area contributed by atoms with Crippen molar-refractivity contribution in [3.63, 3.8) is 0 Å². The third-order valence-corrected chi connectivity index (χ3v) is 5.21. The fourth-order valence-corrected chi connectivity index (χ4v) is 3.62. The summed E-state index contributed by atoms with van der Waals surface area (Å²) < 4.78 is 20.0. The average molecular weight is 449 g/mol. The maximum atomic E-state index is 14.2. The van der Waals surface area contributed by atoms with E-state index in [0.29, 0.717) is 16.9 Å². The van der Waals surface area contributed by atoms with Crippen molar-refractivity contribution < 1.29 is 28.3 Å². The number of carboxylic acids is 1. The van der Waals surface area contributed by atoms with Crippen molar-refractivity contribution in [2.45, 2.75) is 6.92 Å². The van der Waals surface area contributed by atoms with Crippen molar-refractivity contribution in [2.75, 3.05) is 4.90 Å². The topological polar surface area (TPSA) is 103 Å². The second kappa shape index (κ2) is 8.20. The van der Waals surface area contributed by atoms with Gasteiger partial charge in [-0.05, 0) is 55.0 Å². The van der Waals surface area contributed by atoms with Gasteiger partial charge in [-0.1, -0.05) is 30.3 Å². The van der Waals surface area contributed by atoms with E-state index >= 15 is 0 Å². The largest absolute Gasteiger partial charge is 0.545 e. The average Bonchev–Trinajstić information content (AvgIpc) is 3.20. The molecule has 0 radical (unpaired) electrons. The Kier molecular flexibility index (Phi) is 5.41. The van der Waals surface area contributed by atoms with E-state index in [2.05, 4.69) is 5.32 Å². The zero-order valence-electron chi connectivity index (χ0n) is 16.5.